The lowest BCUT2D eigenvalue weighted by molar-refractivity contribution is 0.127. The highest BCUT2D eigenvalue weighted by Crippen LogP contribution is 2.22. The van der Waals surface area contributed by atoms with E-state index < -0.39 is 0 Å². The molecule has 0 bridgehead atoms. The van der Waals surface area contributed by atoms with E-state index in [0.29, 0.717) is 11.5 Å². The largest absolute Gasteiger partial charge is 0.393 e. The van der Waals surface area contributed by atoms with Crippen molar-refractivity contribution in [2.24, 2.45) is 5.92 Å². The van der Waals surface area contributed by atoms with E-state index in [1.54, 1.807) is 12.1 Å². The smallest absolute Gasteiger partial charge is 0.138 e. The van der Waals surface area contributed by atoms with Crippen LogP contribution in [0, 0.1) is 23.6 Å². The molecular weight excluding hydrogens is 257 g/mol. The van der Waals surface area contributed by atoms with Crippen LogP contribution in [-0.4, -0.2) is 40.9 Å². The van der Waals surface area contributed by atoms with Gasteiger partial charge in [-0.25, -0.2) is 4.39 Å². The second-order valence-electron chi connectivity index (χ2n) is 5.30. The molecule has 2 N–H and O–H groups in total. The summed E-state index contributed by atoms with van der Waals surface area (Å²) in [5, 5.41) is 18.3. The Hall–Kier alpha value is -1.41. The fourth-order valence-electron chi connectivity index (χ4n) is 2.56. The third-order valence-corrected chi connectivity index (χ3v) is 3.73. The number of aliphatic hydroxyl groups excluding tert-OH is 2. The van der Waals surface area contributed by atoms with Gasteiger partial charge in [-0.05, 0) is 43.5 Å². The summed E-state index contributed by atoms with van der Waals surface area (Å²) in [5.74, 6) is 5.05. The van der Waals surface area contributed by atoms with Crippen molar-refractivity contribution in [1.29, 1.82) is 0 Å². The summed E-state index contributed by atoms with van der Waals surface area (Å²) in [5.41, 5.74) is 1.32. The molecule has 0 aliphatic carbocycles. The number of benzene rings is 1. The van der Waals surface area contributed by atoms with E-state index in [9.17, 15) is 9.50 Å². The Morgan fingerprint density at radius 1 is 1.50 bits per heavy atom. The molecule has 4 heteroatoms. The molecule has 0 spiro atoms. The Labute approximate surface area is 119 Å². The number of hydrogen-bond acceptors (Lipinski definition) is 3. The zero-order valence-electron chi connectivity index (χ0n) is 11.6. The molecule has 1 aromatic rings. The highest BCUT2D eigenvalue weighted by atomic mass is 19.1. The zero-order valence-corrected chi connectivity index (χ0v) is 11.6. The van der Waals surface area contributed by atoms with Crippen molar-refractivity contribution in [2.75, 3.05) is 19.7 Å². The summed E-state index contributed by atoms with van der Waals surface area (Å²) < 4.78 is 13.5. The van der Waals surface area contributed by atoms with Crippen molar-refractivity contribution in [1.82, 2.24) is 4.90 Å². The molecule has 1 heterocycles. The highest BCUT2D eigenvalue weighted by molar-refractivity contribution is 5.38. The fourth-order valence-corrected chi connectivity index (χ4v) is 2.56. The number of aliphatic hydroxyl groups is 2. The average molecular weight is 277 g/mol. The van der Waals surface area contributed by atoms with E-state index in [2.05, 4.69) is 16.7 Å². The molecular formula is C16H20FNO2. The van der Waals surface area contributed by atoms with Gasteiger partial charge in [-0.2, -0.15) is 0 Å². The second kappa shape index (κ2) is 6.85. The normalized spacial score (nSPS) is 20.5. The zero-order chi connectivity index (χ0) is 14.5. The van der Waals surface area contributed by atoms with Gasteiger partial charge in [0.1, 0.15) is 12.4 Å². The molecule has 0 saturated carbocycles. The van der Waals surface area contributed by atoms with E-state index >= 15 is 0 Å². The summed E-state index contributed by atoms with van der Waals surface area (Å²) in [6.45, 7) is 4.11. The van der Waals surface area contributed by atoms with Gasteiger partial charge in [0, 0.05) is 13.1 Å². The highest BCUT2D eigenvalue weighted by Gasteiger charge is 2.25. The van der Waals surface area contributed by atoms with E-state index in [-0.39, 0.29) is 18.5 Å². The van der Waals surface area contributed by atoms with E-state index in [4.69, 9.17) is 5.11 Å². The average Bonchev–Trinajstić information content (AvgIpc) is 2.88. The quantitative estimate of drug-likeness (QED) is 0.820. The molecule has 2 unspecified atom stereocenters. The van der Waals surface area contributed by atoms with Crippen molar-refractivity contribution in [2.45, 2.75) is 26.0 Å². The molecule has 2 rings (SSSR count). The van der Waals surface area contributed by atoms with E-state index in [0.717, 1.165) is 31.6 Å². The van der Waals surface area contributed by atoms with Gasteiger partial charge in [-0.1, -0.05) is 17.9 Å². The molecule has 1 aliphatic rings. The van der Waals surface area contributed by atoms with Crippen LogP contribution < -0.4 is 0 Å². The summed E-state index contributed by atoms with van der Waals surface area (Å²) in [7, 11) is 0. The molecule has 3 nitrogen and oxygen atoms in total. The molecule has 108 valence electrons. The number of rotatable bonds is 3. The fraction of sp³-hybridized carbons (Fsp3) is 0.500. The first-order valence-electron chi connectivity index (χ1n) is 6.88. The molecule has 1 aliphatic heterocycles. The maximum absolute atomic E-state index is 13.5. The predicted molar refractivity (Wildman–Crippen MR) is 75.4 cm³/mol. The first-order chi connectivity index (χ1) is 9.60. The van der Waals surface area contributed by atoms with Gasteiger partial charge in [-0.3, -0.25) is 4.90 Å². The minimum atomic E-state index is -0.363. The summed E-state index contributed by atoms with van der Waals surface area (Å²) >= 11 is 0. The number of hydrogen-bond donors (Lipinski definition) is 2. The lowest BCUT2D eigenvalue weighted by Gasteiger charge is -2.17. The van der Waals surface area contributed by atoms with Crippen molar-refractivity contribution in [3.05, 3.63) is 35.1 Å². The van der Waals surface area contributed by atoms with Gasteiger partial charge in [0.15, 0.2) is 0 Å². The molecule has 1 fully saturated rings. The summed E-state index contributed by atoms with van der Waals surface area (Å²) in [4.78, 5) is 2.26. The van der Waals surface area contributed by atoms with Crippen LogP contribution >= 0.6 is 0 Å². The molecule has 2 atom stereocenters. The Morgan fingerprint density at radius 3 is 2.95 bits per heavy atom. The van der Waals surface area contributed by atoms with Crippen LogP contribution in [0.5, 0.6) is 0 Å². The third kappa shape index (κ3) is 3.80. The van der Waals surface area contributed by atoms with Crippen LogP contribution in [0.1, 0.15) is 24.5 Å². The molecule has 20 heavy (non-hydrogen) atoms. The first kappa shape index (κ1) is 15.0. The maximum Gasteiger partial charge on any atom is 0.138 e. The topological polar surface area (TPSA) is 43.7 Å². The SMILES string of the molecule is CC(O)C1CCN(Cc2ccc(F)c(C#CCO)c2)C1. The van der Waals surface area contributed by atoms with Crippen LogP contribution in [0.4, 0.5) is 4.39 Å². The molecule has 1 saturated heterocycles. The standard InChI is InChI=1S/C16H20FNO2/c1-12(20)15-6-7-18(11-15)10-13-4-5-16(17)14(9-13)3-2-8-19/h4-5,9,12,15,19-20H,6-8,10-11H2,1H3. The summed E-state index contributed by atoms with van der Waals surface area (Å²) in [6, 6.07) is 4.90. The lowest BCUT2D eigenvalue weighted by atomic mass is 10.0. The lowest BCUT2D eigenvalue weighted by Crippen LogP contribution is -2.24. The van der Waals surface area contributed by atoms with Gasteiger partial charge in [0.25, 0.3) is 0 Å². The van der Waals surface area contributed by atoms with Crippen LogP contribution in [-0.2, 0) is 6.54 Å². The first-order valence-corrected chi connectivity index (χ1v) is 6.88. The molecule has 0 amide bonds. The number of halogens is 1. The van der Waals surface area contributed by atoms with Gasteiger partial charge >= 0.3 is 0 Å². The Balaban J connectivity index is 2.03. The summed E-state index contributed by atoms with van der Waals surface area (Å²) in [6.07, 6.45) is 0.718. The maximum atomic E-state index is 13.5. The van der Waals surface area contributed by atoms with Crippen LogP contribution in [0.25, 0.3) is 0 Å². The Morgan fingerprint density at radius 2 is 2.30 bits per heavy atom. The van der Waals surface area contributed by atoms with E-state index in [1.807, 2.05) is 6.92 Å². The third-order valence-electron chi connectivity index (χ3n) is 3.73. The van der Waals surface area contributed by atoms with Crippen molar-refractivity contribution in [3.8, 4) is 11.8 Å². The Bertz CT molecular complexity index is 519. The monoisotopic (exact) mass is 277 g/mol. The van der Waals surface area contributed by atoms with Crippen LogP contribution in [0.3, 0.4) is 0 Å². The van der Waals surface area contributed by atoms with Crippen molar-refractivity contribution < 1.29 is 14.6 Å². The van der Waals surface area contributed by atoms with Gasteiger partial charge < -0.3 is 10.2 Å². The molecule has 1 aromatic carbocycles. The molecule has 0 radical (unpaired) electrons. The predicted octanol–water partition coefficient (Wildman–Crippen LogP) is 1.37. The second-order valence-corrected chi connectivity index (χ2v) is 5.30. The van der Waals surface area contributed by atoms with Crippen LogP contribution in [0.2, 0.25) is 0 Å². The van der Waals surface area contributed by atoms with Crippen molar-refractivity contribution >= 4 is 0 Å². The number of likely N-dealkylation sites (tertiary alicyclic amines) is 1. The van der Waals surface area contributed by atoms with E-state index in [1.165, 1.54) is 6.07 Å². The minimum Gasteiger partial charge on any atom is -0.393 e. The number of nitrogens with zero attached hydrogens (tertiary/aromatic N) is 1. The molecule has 0 aromatic heterocycles. The minimum absolute atomic E-state index is 0.272. The van der Waals surface area contributed by atoms with Gasteiger partial charge in [0.2, 0.25) is 0 Å². The van der Waals surface area contributed by atoms with Gasteiger partial charge in [0.05, 0.1) is 11.7 Å². The van der Waals surface area contributed by atoms with Gasteiger partial charge in [-0.15, -0.1) is 0 Å². The van der Waals surface area contributed by atoms with Crippen LogP contribution in [0.15, 0.2) is 18.2 Å². The van der Waals surface area contributed by atoms with Crippen molar-refractivity contribution in [3.63, 3.8) is 0 Å². The Kier molecular flexibility index (Phi) is 5.13.